The van der Waals surface area contributed by atoms with Gasteiger partial charge in [-0.05, 0) is 24.5 Å². The molecule has 1 N–H and O–H groups in total. The quantitative estimate of drug-likeness (QED) is 0.896. The van der Waals surface area contributed by atoms with Crippen LogP contribution >= 0.6 is 0 Å². The average Bonchev–Trinajstić information content (AvgIpc) is 2.83. The minimum Gasteiger partial charge on any atom is -0.478 e. The molecule has 0 aliphatic rings. The van der Waals surface area contributed by atoms with Crippen LogP contribution in [-0.2, 0) is 12.8 Å². The van der Waals surface area contributed by atoms with Crippen molar-refractivity contribution < 1.29 is 9.90 Å². The lowest BCUT2D eigenvalue weighted by atomic mass is 10.1. The minimum absolute atomic E-state index is 0.299. The van der Waals surface area contributed by atoms with E-state index in [1.54, 1.807) is 4.68 Å². The van der Waals surface area contributed by atoms with Gasteiger partial charge in [0.2, 0.25) is 0 Å². The number of hydrogen-bond donors (Lipinski definition) is 1. The monoisotopic (exact) mass is 258 g/mol. The molecular formula is C15H18N2O2. The van der Waals surface area contributed by atoms with Gasteiger partial charge in [0.05, 0.1) is 17.6 Å². The third-order valence-corrected chi connectivity index (χ3v) is 3.19. The number of hydrogen-bond acceptors (Lipinski definition) is 2. The van der Waals surface area contributed by atoms with Crippen molar-refractivity contribution >= 4 is 5.97 Å². The fourth-order valence-electron chi connectivity index (χ4n) is 2.25. The third-order valence-electron chi connectivity index (χ3n) is 3.19. The van der Waals surface area contributed by atoms with Crippen molar-refractivity contribution in [3.05, 3.63) is 47.3 Å². The van der Waals surface area contributed by atoms with Gasteiger partial charge in [-0.15, -0.1) is 0 Å². The van der Waals surface area contributed by atoms with E-state index in [0.717, 1.165) is 24.2 Å². The first-order chi connectivity index (χ1) is 9.19. The van der Waals surface area contributed by atoms with Gasteiger partial charge in [-0.25, -0.2) is 9.48 Å². The highest BCUT2D eigenvalue weighted by atomic mass is 16.4. The van der Waals surface area contributed by atoms with Crippen LogP contribution in [0.1, 0.15) is 41.9 Å². The van der Waals surface area contributed by atoms with Gasteiger partial charge in [0, 0.05) is 0 Å². The standard InChI is InChI=1S/C15H18N2O2/c1-3-7-14-12(15(18)19)10-16-17(14)13-9-6-5-8-11(13)4-2/h5-6,8-10H,3-4,7H2,1-2H3,(H,18,19). The van der Waals surface area contributed by atoms with Crippen LogP contribution in [-0.4, -0.2) is 20.9 Å². The number of carboxylic acid groups (broad SMARTS) is 1. The molecular weight excluding hydrogens is 240 g/mol. The molecule has 0 atom stereocenters. The van der Waals surface area contributed by atoms with Crippen molar-refractivity contribution in [1.82, 2.24) is 9.78 Å². The number of carboxylic acids is 1. The second-order valence-corrected chi connectivity index (χ2v) is 4.45. The molecule has 19 heavy (non-hydrogen) atoms. The van der Waals surface area contributed by atoms with E-state index in [2.05, 4.69) is 12.0 Å². The van der Waals surface area contributed by atoms with Crippen molar-refractivity contribution in [1.29, 1.82) is 0 Å². The number of aromatic nitrogens is 2. The summed E-state index contributed by atoms with van der Waals surface area (Å²) in [6, 6.07) is 7.97. The predicted octanol–water partition coefficient (Wildman–Crippen LogP) is 3.09. The number of para-hydroxylation sites is 1. The topological polar surface area (TPSA) is 55.1 Å². The minimum atomic E-state index is -0.913. The highest BCUT2D eigenvalue weighted by molar-refractivity contribution is 5.88. The van der Waals surface area contributed by atoms with E-state index in [4.69, 9.17) is 0 Å². The lowest BCUT2D eigenvalue weighted by Gasteiger charge is -2.11. The molecule has 0 aliphatic heterocycles. The van der Waals surface area contributed by atoms with Crippen LogP contribution in [0, 0.1) is 0 Å². The van der Waals surface area contributed by atoms with Gasteiger partial charge < -0.3 is 5.11 Å². The third kappa shape index (κ3) is 2.52. The molecule has 100 valence electrons. The average molecular weight is 258 g/mol. The van der Waals surface area contributed by atoms with Crippen LogP contribution in [0.4, 0.5) is 0 Å². The molecule has 2 rings (SSSR count). The second-order valence-electron chi connectivity index (χ2n) is 4.45. The summed E-state index contributed by atoms with van der Waals surface area (Å²) in [5.74, 6) is -0.913. The van der Waals surface area contributed by atoms with Crippen molar-refractivity contribution in [3.8, 4) is 5.69 Å². The normalized spacial score (nSPS) is 10.6. The molecule has 0 amide bonds. The van der Waals surface area contributed by atoms with Gasteiger partial charge in [-0.1, -0.05) is 38.5 Å². The van der Waals surface area contributed by atoms with Gasteiger partial charge >= 0.3 is 5.97 Å². The SMILES string of the molecule is CCCc1c(C(=O)O)cnn1-c1ccccc1CC. The summed E-state index contributed by atoms with van der Waals surface area (Å²) in [7, 11) is 0. The Morgan fingerprint density at radius 2 is 2.05 bits per heavy atom. The molecule has 1 heterocycles. The van der Waals surface area contributed by atoms with E-state index in [-0.39, 0.29) is 0 Å². The first kappa shape index (κ1) is 13.3. The van der Waals surface area contributed by atoms with Crippen LogP contribution in [0.15, 0.2) is 30.5 Å². The van der Waals surface area contributed by atoms with Crippen LogP contribution in [0.25, 0.3) is 5.69 Å². The Bertz CT molecular complexity index is 588. The van der Waals surface area contributed by atoms with E-state index in [0.29, 0.717) is 12.0 Å². The van der Waals surface area contributed by atoms with Gasteiger partial charge in [0.1, 0.15) is 5.56 Å². The molecule has 0 unspecified atom stereocenters. The molecule has 0 fully saturated rings. The lowest BCUT2D eigenvalue weighted by Crippen LogP contribution is -2.08. The Labute approximate surface area is 112 Å². The Kier molecular flexibility index (Phi) is 4.00. The number of nitrogens with zero attached hydrogens (tertiary/aromatic N) is 2. The molecule has 0 saturated carbocycles. The number of aromatic carboxylic acids is 1. The summed E-state index contributed by atoms with van der Waals surface area (Å²) in [6.45, 7) is 4.12. The molecule has 0 spiro atoms. The summed E-state index contributed by atoms with van der Waals surface area (Å²) in [6.07, 6.45) is 3.93. The molecule has 1 aromatic heterocycles. The van der Waals surface area contributed by atoms with Crippen molar-refractivity contribution in [3.63, 3.8) is 0 Å². The van der Waals surface area contributed by atoms with Crippen molar-refractivity contribution in [2.45, 2.75) is 33.1 Å². The highest BCUT2D eigenvalue weighted by Crippen LogP contribution is 2.20. The van der Waals surface area contributed by atoms with Crippen molar-refractivity contribution in [2.75, 3.05) is 0 Å². The summed E-state index contributed by atoms with van der Waals surface area (Å²) >= 11 is 0. The van der Waals surface area contributed by atoms with Crippen LogP contribution in [0.2, 0.25) is 0 Å². The van der Waals surface area contributed by atoms with Crippen LogP contribution in [0.3, 0.4) is 0 Å². The molecule has 4 heteroatoms. The zero-order valence-corrected chi connectivity index (χ0v) is 11.3. The maximum Gasteiger partial charge on any atom is 0.339 e. The van der Waals surface area contributed by atoms with E-state index in [1.165, 1.54) is 11.8 Å². The summed E-state index contributed by atoms with van der Waals surface area (Å²) in [4.78, 5) is 11.2. The summed E-state index contributed by atoms with van der Waals surface area (Å²) < 4.78 is 1.77. The first-order valence-electron chi connectivity index (χ1n) is 6.57. The second kappa shape index (κ2) is 5.69. The van der Waals surface area contributed by atoms with E-state index in [9.17, 15) is 9.90 Å². The van der Waals surface area contributed by atoms with Gasteiger partial charge in [0.15, 0.2) is 0 Å². The highest BCUT2D eigenvalue weighted by Gasteiger charge is 2.17. The Balaban J connectivity index is 2.58. The number of rotatable bonds is 5. The zero-order chi connectivity index (χ0) is 13.8. The number of aryl methyl sites for hydroxylation is 1. The molecule has 0 saturated heterocycles. The van der Waals surface area contributed by atoms with E-state index >= 15 is 0 Å². The molecule has 4 nitrogen and oxygen atoms in total. The van der Waals surface area contributed by atoms with E-state index in [1.807, 2.05) is 31.2 Å². The molecule has 2 aromatic rings. The van der Waals surface area contributed by atoms with Gasteiger partial charge in [-0.2, -0.15) is 5.10 Å². The predicted molar refractivity (Wildman–Crippen MR) is 73.9 cm³/mol. The fraction of sp³-hybridized carbons (Fsp3) is 0.333. The van der Waals surface area contributed by atoms with Crippen LogP contribution < -0.4 is 0 Å². The Morgan fingerprint density at radius 3 is 2.68 bits per heavy atom. The fourth-order valence-corrected chi connectivity index (χ4v) is 2.25. The Morgan fingerprint density at radius 1 is 1.32 bits per heavy atom. The summed E-state index contributed by atoms with van der Waals surface area (Å²) in [5.41, 5.74) is 3.21. The number of benzene rings is 1. The largest absolute Gasteiger partial charge is 0.478 e. The molecule has 0 bridgehead atoms. The lowest BCUT2D eigenvalue weighted by molar-refractivity contribution is 0.0695. The van der Waals surface area contributed by atoms with E-state index < -0.39 is 5.97 Å². The molecule has 0 radical (unpaired) electrons. The van der Waals surface area contributed by atoms with Crippen LogP contribution in [0.5, 0.6) is 0 Å². The molecule has 0 aliphatic carbocycles. The zero-order valence-electron chi connectivity index (χ0n) is 11.3. The molecule has 1 aromatic carbocycles. The maximum absolute atomic E-state index is 11.2. The Hall–Kier alpha value is -2.10. The number of carbonyl (C=O) groups is 1. The summed E-state index contributed by atoms with van der Waals surface area (Å²) in [5, 5.41) is 13.5. The van der Waals surface area contributed by atoms with Gasteiger partial charge in [0.25, 0.3) is 0 Å². The first-order valence-corrected chi connectivity index (χ1v) is 6.57. The maximum atomic E-state index is 11.2. The van der Waals surface area contributed by atoms with Crippen molar-refractivity contribution in [2.24, 2.45) is 0 Å². The smallest absolute Gasteiger partial charge is 0.339 e. The van der Waals surface area contributed by atoms with Gasteiger partial charge in [-0.3, -0.25) is 0 Å².